The van der Waals surface area contributed by atoms with Crippen LogP contribution in [0.25, 0.3) is 11.0 Å². The van der Waals surface area contributed by atoms with Crippen molar-refractivity contribution < 1.29 is 13.9 Å². The Bertz CT molecular complexity index is 820. The quantitative estimate of drug-likeness (QED) is 0.816. The molecular formula is C18H21NO4. The summed E-state index contributed by atoms with van der Waals surface area (Å²) in [7, 11) is 3.37. The molecule has 1 aliphatic rings. The monoisotopic (exact) mass is 315 g/mol. The second-order valence-electron chi connectivity index (χ2n) is 6.20. The third-order valence-electron chi connectivity index (χ3n) is 4.44. The smallest absolute Gasteiger partial charge is 0.339 e. The van der Waals surface area contributed by atoms with Crippen LogP contribution in [0.3, 0.4) is 0 Å². The molecule has 2 aromatic rings. The molecule has 0 spiro atoms. The van der Waals surface area contributed by atoms with Crippen LogP contribution in [-0.4, -0.2) is 31.5 Å². The zero-order valence-corrected chi connectivity index (χ0v) is 13.8. The van der Waals surface area contributed by atoms with E-state index in [-0.39, 0.29) is 18.1 Å². The van der Waals surface area contributed by atoms with Gasteiger partial charge in [-0.1, -0.05) is 0 Å². The molecule has 0 aliphatic heterocycles. The molecule has 0 fully saturated rings. The molecule has 0 atom stereocenters. The molecule has 1 aliphatic carbocycles. The number of nitrogens with zero attached hydrogens (tertiary/aromatic N) is 1. The summed E-state index contributed by atoms with van der Waals surface area (Å²) in [5, 5.41) is 0.989. The number of aryl methyl sites for hydroxylation is 2. The van der Waals surface area contributed by atoms with Crippen LogP contribution in [0.5, 0.6) is 5.75 Å². The lowest BCUT2D eigenvalue weighted by Crippen LogP contribution is -2.27. The van der Waals surface area contributed by atoms with E-state index in [9.17, 15) is 9.59 Å². The van der Waals surface area contributed by atoms with Crippen molar-refractivity contribution in [3.05, 3.63) is 39.2 Å². The summed E-state index contributed by atoms with van der Waals surface area (Å²) < 4.78 is 11.2. The molecule has 1 amide bonds. The number of benzene rings is 1. The van der Waals surface area contributed by atoms with Crippen molar-refractivity contribution in [2.24, 2.45) is 0 Å². The molecule has 122 valence electrons. The molecule has 1 heterocycles. The average Bonchev–Trinajstić information content (AvgIpc) is 2.55. The first-order valence-electron chi connectivity index (χ1n) is 7.90. The van der Waals surface area contributed by atoms with E-state index in [1.807, 2.05) is 19.1 Å². The van der Waals surface area contributed by atoms with Gasteiger partial charge in [-0.15, -0.1) is 0 Å². The van der Waals surface area contributed by atoms with Crippen LogP contribution in [-0.2, 0) is 17.6 Å². The van der Waals surface area contributed by atoms with E-state index in [2.05, 4.69) is 0 Å². The second kappa shape index (κ2) is 6.07. The summed E-state index contributed by atoms with van der Waals surface area (Å²) in [6.45, 7) is 1.82. The normalized spacial score (nSPS) is 13.7. The number of ether oxygens (including phenoxy) is 1. The van der Waals surface area contributed by atoms with Gasteiger partial charge in [0.1, 0.15) is 11.3 Å². The minimum atomic E-state index is -0.239. The molecule has 1 aromatic carbocycles. The summed E-state index contributed by atoms with van der Waals surface area (Å²) >= 11 is 0. The second-order valence-corrected chi connectivity index (χ2v) is 6.20. The third-order valence-corrected chi connectivity index (χ3v) is 4.44. The van der Waals surface area contributed by atoms with Gasteiger partial charge in [0.15, 0.2) is 6.61 Å². The van der Waals surface area contributed by atoms with Crippen molar-refractivity contribution in [1.82, 2.24) is 4.90 Å². The van der Waals surface area contributed by atoms with E-state index in [0.717, 1.165) is 47.8 Å². The first kappa shape index (κ1) is 15.6. The lowest BCUT2D eigenvalue weighted by molar-refractivity contribution is -0.130. The molecule has 0 radical (unpaired) electrons. The summed E-state index contributed by atoms with van der Waals surface area (Å²) in [5.74, 6) is 0.461. The van der Waals surface area contributed by atoms with Crippen molar-refractivity contribution >= 4 is 16.9 Å². The fourth-order valence-electron chi connectivity index (χ4n) is 3.05. The van der Waals surface area contributed by atoms with Gasteiger partial charge in [-0.05, 0) is 50.3 Å². The number of carbonyl (C=O) groups excluding carboxylic acids is 1. The Morgan fingerprint density at radius 3 is 2.61 bits per heavy atom. The largest absolute Gasteiger partial charge is 0.483 e. The summed E-state index contributed by atoms with van der Waals surface area (Å²) in [5.41, 5.74) is 3.03. The Balaban J connectivity index is 2.03. The number of amides is 1. The first-order valence-corrected chi connectivity index (χ1v) is 7.90. The molecule has 5 nitrogen and oxygen atoms in total. The van der Waals surface area contributed by atoms with Gasteiger partial charge in [-0.3, -0.25) is 4.79 Å². The van der Waals surface area contributed by atoms with Gasteiger partial charge >= 0.3 is 5.63 Å². The molecular weight excluding hydrogens is 294 g/mol. The number of carbonyl (C=O) groups is 1. The molecule has 1 aromatic heterocycles. The van der Waals surface area contributed by atoms with Crippen LogP contribution in [0, 0.1) is 6.92 Å². The topological polar surface area (TPSA) is 59.8 Å². The van der Waals surface area contributed by atoms with Crippen molar-refractivity contribution in [3.8, 4) is 5.75 Å². The summed E-state index contributed by atoms with van der Waals surface area (Å²) in [4.78, 5) is 25.4. The molecule has 23 heavy (non-hydrogen) atoms. The molecule has 0 unspecified atom stereocenters. The van der Waals surface area contributed by atoms with E-state index < -0.39 is 0 Å². The van der Waals surface area contributed by atoms with Gasteiger partial charge in [0.25, 0.3) is 5.91 Å². The van der Waals surface area contributed by atoms with Crippen molar-refractivity contribution in [3.63, 3.8) is 0 Å². The van der Waals surface area contributed by atoms with Gasteiger partial charge in [0.2, 0.25) is 0 Å². The lowest BCUT2D eigenvalue weighted by Gasteiger charge is -2.18. The highest BCUT2D eigenvalue weighted by molar-refractivity contribution is 5.86. The van der Waals surface area contributed by atoms with Crippen molar-refractivity contribution in [2.75, 3.05) is 20.7 Å². The van der Waals surface area contributed by atoms with E-state index in [0.29, 0.717) is 11.3 Å². The van der Waals surface area contributed by atoms with Gasteiger partial charge in [-0.25, -0.2) is 4.79 Å². The number of hydrogen-bond acceptors (Lipinski definition) is 4. The standard InChI is InChI=1S/C18H21NO4/c1-11-15(22-10-16(20)19(2)3)9-8-13-12-6-4-5-7-14(12)18(21)23-17(11)13/h8-9H,4-7,10H2,1-3H3. The fraction of sp³-hybridized carbons (Fsp3) is 0.444. The van der Waals surface area contributed by atoms with Crippen LogP contribution in [0.4, 0.5) is 0 Å². The van der Waals surface area contributed by atoms with Crippen LogP contribution in [0.1, 0.15) is 29.5 Å². The van der Waals surface area contributed by atoms with Gasteiger partial charge < -0.3 is 14.1 Å². The van der Waals surface area contributed by atoms with E-state index in [1.165, 1.54) is 4.90 Å². The summed E-state index contributed by atoms with van der Waals surface area (Å²) in [6.07, 6.45) is 3.84. The Morgan fingerprint density at radius 1 is 1.22 bits per heavy atom. The molecule has 0 N–H and O–H groups in total. The average molecular weight is 315 g/mol. The number of rotatable bonds is 3. The Kier molecular flexibility index (Phi) is 4.11. The van der Waals surface area contributed by atoms with Gasteiger partial charge in [0.05, 0.1) is 0 Å². The lowest BCUT2D eigenvalue weighted by atomic mass is 9.90. The number of likely N-dealkylation sites (N-methyl/N-ethyl adjacent to an activating group) is 1. The molecule has 3 rings (SSSR count). The van der Waals surface area contributed by atoms with Gasteiger partial charge in [-0.2, -0.15) is 0 Å². The van der Waals surface area contributed by atoms with Gasteiger partial charge in [0, 0.05) is 30.6 Å². The Labute approximate surface area is 134 Å². The van der Waals surface area contributed by atoms with E-state index in [4.69, 9.17) is 9.15 Å². The molecule has 0 saturated carbocycles. The Hall–Kier alpha value is -2.30. The maximum absolute atomic E-state index is 12.2. The maximum atomic E-state index is 12.2. The highest BCUT2D eigenvalue weighted by Crippen LogP contribution is 2.32. The molecule has 0 bridgehead atoms. The van der Waals surface area contributed by atoms with Crippen LogP contribution < -0.4 is 10.4 Å². The predicted octanol–water partition coefficient (Wildman–Crippen LogP) is 2.45. The first-order chi connectivity index (χ1) is 11.0. The minimum Gasteiger partial charge on any atom is -0.483 e. The zero-order chi connectivity index (χ0) is 16.6. The highest BCUT2D eigenvalue weighted by atomic mass is 16.5. The van der Waals surface area contributed by atoms with Crippen LogP contribution in [0.2, 0.25) is 0 Å². The van der Waals surface area contributed by atoms with E-state index in [1.54, 1.807) is 14.1 Å². The fourth-order valence-corrected chi connectivity index (χ4v) is 3.05. The predicted molar refractivity (Wildman–Crippen MR) is 88.1 cm³/mol. The SMILES string of the molecule is Cc1c(OCC(=O)N(C)C)ccc2c3c(c(=O)oc12)CCCC3. The molecule has 5 heteroatoms. The third kappa shape index (κ3) is 2.83. The van der Waals surface area contributed by atoms with Crippen LogP contribution >= 0.6 is 0 Å². The number of fused-ring (bicyclic) bond motifs is 3. The Morgan fingerprint density at radius 2 is 1.91 bits per heavy atom. The minimum absolute atomic E-state index is 0.0332. The number of hydrogen-bond donors (Lipinski definition) is 0. The van der Waals surface area contributed by atoms with Crippen LogP contribution in [0.15, 0.2) is 21.3 Å². The van der Waals surface area contributed by atoms with E-state index >= 15 is 0 Å². The van der Waals surface area contributed by atoms with Crippen molar-refractivity contribution in [2.45, 2.75) is 32.6 Å². The van der Waals surface area contributed by atoms with Crippen molar-refractivity contribution in [1.29, 1.82) is 0 Å². The zero-order valence-electron chi connectivity index (χ0n) is 13.8. The highest BCUT2D eigenvalue weighted by Gasteiger charge is 2.20. The maximum Gasteiger partial charge on any atom is 0.339 e. The summed E-state index contributed by atoms with van der Waals surface area (Å²) in [6, 6.07) is 3.79. The molecule has 0 saturated heterocycles.